The number of nitrogens with one attached hydrogen (secondary N) is 1. The lowest BCUT2D eigenvalue weighted by molar-refractivity contribution is 0.346. The largest absolute Gasteiger partial charge is 0.304 e. The average molecular weight is 284 g/mol. The van der Waals surface area contributed by atoms with Gasteiger partial charge in [0, 0.05) is 12.6 Å². The number of hydrogen-bond donors (Lipinski definition) is 1. The molecule has 3 rings (SSSR count). The van der Waals surface area contributed by atoms with Crippen LogP contribution in [0, 0.1) is 5.92 Å². The van der Waals surface area contributed by atoms with Crippen LogP contribution in [0.15, 0.2) is 36.5 Å². The Balaban J connectivity index is 1.66. The molecular weight excluding hydrogens is 260 g/mol. The smallest absolute Gasteiger partial charge is 0.0965 e. The van der Waals surface area contributed by atoms with Crippen molar-refractivity contribution in [3.63, 3.8) is 0 Å². The number of rotatable bonds is 5. The van der Waals surface area contributed by atoms with E-state index in [1.54, 1.807) is 0 Å². The van der Waals surface area contributed by atoms with Crippen LogP contribution < -0.4 is 5.32 Å². The molecule has 0 radical (unpaired) electrons. The highest BCUT2D eigenvalue weighted by Gasteiger charge is 2.32. The van der Waals surface area contributed by atoms with Gasteiger partial charge in [-0.3, -0.25) is 0 Å². The van der Waals surface area contributed by atoms with E-state index in [-0.39, 0.29) is 5.54 Å². The molecule has 1 fully saturated rings. The summed E-state index contributed by atoms with van der Waals surface area (Å²) in [5.41, 5.74) is 2.37. The van der Waals surface area contributed by atoms with Crippen LogP contribution in [0.5, 0.6) is 0 Å². The highest BCUT2D eigenvalue weighted by atomic mass is 15.4. The molecule has 0 aliphatic heterocycles. The predicted molar refractivity (Wildman–Crippen MR) is 83.8 cm³/mol. The van der Waals surface area contributed by atoms with Gasteiger partial charge in [0.15, 0.2) is 0 Å². The molecule has 0 spiro atoms. The molecule has 21 heavy (non-hydrogen) atoms. The second kappa shape index (κ2) is 5.60. The lowest BCUT2D eigenvalue weighted by Gasteiger charge is -2.18. The van der Waals surface area contributed by atoms with E-state index in [1.807, 2.05) is 10.9 Å². The van der Waals surface area contributed by atoms with Gasteiger partial charge in [-0.2, -0.15) is 0 Å². The van der Waals surface area contributed by atoms with Crippen LogP contribution in [0.4, 0.5) is 0 Å². The SMILES string of the molecule is CC(C)(C)n1cc(CNC(c2ccccc2)C2CC2)nn1. The van der Waals surface area contributed by atoms with Gasteiger partial charge in [0.1, 0.15) is 0 Å². The molecule has 1 heterocycles. The molecule has 4 nitrogen and oxygen atoms in total. The number of hydrogen-bond acceptors (Lipinski definition) is 3. The molecule has 1 aliphatic carbocycles. The topological polar surface area (TPSA) is 42.7 Å². The Morgan fingerprint density at radius 2 is 1.95 bits per heavy atom. The number of aromatic nitrogens is 3. The van der Waals surface area contributed by atoms with Crippen LogP contribution >= 0.6 is 0 Å². The normalized spacial score (nSPS) is 16.9. The van der Waals surface area contributed by atoms with Gasteiger partial charge in [-0.25, -0.2) is 4.68 Å². The molecule has 0 bridgehead atoms. The Labute approximate surface area is 126 Å². The zero-order valence-corrected chi connectivity index (χ0v) is 13.1. The van der Waals surface area contributed by atoms with Gasteiger partial charge in [-0.15, -0.1) is 5.10 Å². The summed E-state index contributed by atoms with van der Waals surface area (Å²) in [5, 5.41) is 12.2. The summed E-state index contributed by atoms with van der Waals surface area (Å²) in [6.07, 6.45) is 4.68. The zero-order chi connectivity index (χ0) is 14.9. The number of benzene rings is 1. The summed E-state index contributed by atoms with van der Waals surface area (Å²) in [6.45, 7) is 7.17. The average Bonchev–Trinajstić information content (AvgIpc) is 3.16. The van der Waals surface area contributed by atoms with E-state index in [1.165, 1.54) is 18.4 Å². The molecule has 1 saturated carbocycles. The fourth-order valence-corrected chi connectivity index (χ4v) is 2.57. The maximum atomic E-state index is 4.28. The molecule has 1 N–H and O–H groups in total. The Morgan fingerprint density at radius 3 is 2.52 bits per heavy atom. The van der Waals surface area contributed by atoms with Gasteiger partial charge in [0.2, 0.25) is 0 Å². The first-order valence-electron chi connectivity index (χ1n) is 7.74. The van der Waals surface area contributed by atoms with Gasteiger partial charge >= 0.3 is 0 Å². The second-order valence-corrected chi connectivity index (χ2v) is 6.93. The van der Waals surface area contributed by atoms with Crippen LogP contribution in [0.3, 0.4) is 0 Å². The van der Waals surface area contributed by atoms with Crippen molar-refractivity contribution in [1.29, 1.82) is 0 Å². The molecular formula is C17H24N4. The van der Waals surface area contributed by atoms with Crippen molar-refractivity contribution in [3.05, 3.63) is 47.8 Å². The Bertz CT molecular complexity index is 578. The first-order chi connectivity index (χ1) is 10.0. The first-order valence-corrected chi connectivity index (χ1v) is 7.74. The van der Waals surface area contributed by atoms with Gasteiger partial charge in [-0.05, 0) is 45.1 Å². The van der Waals surface area contributed by atoms with E-state index in [2.05, 4.69) is 66.7 Å². The van der Waals surface area contributed by atoms with Crippen LogP contribution in [0.1, 0.15) is 50.9 Å². The summed E-state index contributed by atoms with van der Waals surface area (Å²) >= 11 is 0. The van der Waals surface area contributed by atoms with Crippen LogP contribution in [0.2, 0.25) is 0 Å². The lowest BCUT2D eigenvalue weighted by atomic mass is 10.0. The van der Waals surface area contributed by atoms with Crippen molar-refractivity contribution in [2.24, 2.45) is 5.92 Å². The summed E-state index contributed by atoms with van der Waals surface area (Å²) in [7, 11) is 0. The van der Waals surface area contributed by atoms with Gasteiger partial charge < -0.3 is 5.32 Å². The maximum absolute atomic E-state index is 4.28. The van der Waals surface area contributed by atoms with Gasteiger partial charge in [0.05, 0.1) is 17.4 Å². The predicted octanol–water partition coefficient (Wildman–Crippen LogP) is 3.27. The maximum Gasteiger partial charge on any atom is 0.0965 e. The fraction of sp³-hybridized carbons (Fsp3) is 0.529. The second-order valence-electron chi connectivity index (χ2n) is 6.93. The Morgan fingerprint density at radius 1 is 1.24 bits per heavy atom. The van der Waals surface area contributed by atoms with Crippen molar-refractivity contribution < 1.29 is 0 Å². The summed E-state index contributed by atoms with van der Waals surface area (Å²) in [4.78, 5) is 0. The van der Waals surface area contributed by atoms with Gasteiger partial charge in [-0.1, -0.05) is 35.5 Å². The zero-order valence-electron chi connectivity index (χ0n) is 13.1. The van der Waals surface area contributed by atoms with Crippen molar-refractivity contribution >= 4 is 0 Å². The molecule has 0 saturated heterocycles. The van der Waals surface area contributed by atoms with E-state index >= 15 is 0 Å². The minimum absolute atomic E-state index is 0.0133. The molecule has 1 aromatic carbocycles. The van der Waals surface area contributed by atoms with Crippen LogP contribution in [-0.4, -0.2) is 15.0 Å². The molecule has 0 amide bonds. The standard InChI is InChI=1S/C17H24N4/c1-17(2,3)21-12-15(19-20-21)11-18-16(14-9-10-14)13-7-5-4-6-8-13/h4-8,12,14,16,18H,9-11H2,1-3H3. The van der Waals surface area contributed by atoms with Gasteiger partial charge in [0.25, 0.3) is 0 Å². The number of nitrogens with zero attached hydrogens (tertiary/aromatic N) is 3. The Kier molecular flexibility index (Phi) is 3.81. The van der Waals surface area contributed by atoms with E-state index in [0.29, 0.717) is 6.04 Å². The van der Waals surface area contributed by atoms with E-state index in [4.69, 9.17) is 0 Å². The van der Waals surface area contributed by atoms with Crippen molar-refractivity contribution in [2.75, 3.05) is 0 Å². The summed E-state index contributed by atoms with van der Waals surface area (Å²) < 4.78 is 1.93. The molecule has 1 atom stereocenters. The molecule has 2 aromatic rings. The monoisotopic (exact) mass is 284 g/mol. The highest BCUT2D eigenvalue weighted by molar-refractivity contribution is 5.21. The third kappa shape index (κ3) is 3.50. The van der Waals surface area contributed by atoms with Crippen LogP contribution in [-0.2, 0) is 12.1 Å². The lowest BCUT2D eigenvalue weighted by Crippen LogP contribution is -2.23. The Hall–Kier alpha value is -1.68. The van der Waals surface area contributed by atoms with Crippen molar-refractivity contribution in [2.45, 2.75) is 51.7 Å². The van der Waals surface area contributed by atoms with Crippen molar-refractivity contribution in [3.8, 4) is 0 Å². The molecule has 1 aromatic heterocycles. The third-order valence-corrected chi connectivity index (χ3v) is 3.98. The molecule has 1 unspecified atom stereocenters. The van der Waals surface area contributed by atoms with E-state index in [0.717, 1.165) is 18.2 Å². The quantitative estimate of drug-likeness (QED) is 0.916. The first kappa shape index (κ1) is 14.3. The summed E-state index contributed by atoms with van der Waals surface area (Å²) in [6, 6.07) is 11.2. The molecule has 112 valence electrons. The summed E-state index contributed by atoms with van der Waals surface area (Å²) in [5.74, 6) is 0.769. The van der Waals surface area contributed by atoms with Crippen molar-refractivity contribution in [1.82, 2.24) is 20.3 Å². The molecule has 4 heteroatoms. The van der Waals surface area contributed by atoms with Crippen LogP contribution in [0.25, 0.3) is 0 Å². The van der Waals surface area contributed by atoms with E-state index in [9.17, 15) is 0 Å². The minimum Gasteiger partial charge on any atom is -0.304 e. The minimum atomic E-state index is -0.0133. The molecule has 1 aliphatic rings. The fourth-order valence-electron chi connectivity index (χ4n) is 2.57. The third-order valence-electron chi connectivity index (χ3n) is 3.98. The highest BCUT2D eigenvalue weighted by Crippen LogP contribution is 2.41. The van der Waals surface area contributed by atoms with E-state index < -0.39 is 0 Å².